The smallest absolute Gasteiger partial charge is 0.0830 e. The average molecular weight is 346 g/mol. The Labute approximate surface area is 152 Å². The number of allylic oxidation sites excluding steroid dienone is 1. The van der Waals surface area contributed by atoms with Crippen LogP contribution in [0.25, 0.3) is 0 Å². The van der Waals surface area contributed by atoms with Crippen LogP contribution in [0, 0.1) is 28.6 Å². The lowest BCUT2D eigenvalue weighted by atomic mass is 9.47. The summed E-state index contributed by atoms with van der Waals surface area (Å²) in [6.45, 7) is 8.17. The van der Waals surface area contributed by atoms with Gasteiger partial charge in [-0.1, -0.05) is 25.5 Å². The minimum Gasteiger partial charge on any atom is -0.393 e. The van der Waals surface area contributed by atoms with Crippen LogP contribution in [0.15, 0.2) is 11.6 Å². The zero-order valence-electron chi connectivity index (χ0n) is 16.0. The molecule has 4 fully saturated rings. The van der Waals surface area contributed by atoms with Crippen molar-refractivity contribution in [2.24, 2.45) is 28.6 Å². The Hall–Kier alpha value is -0.380. The van der Waals surface area contributed by atoms with Crippen LogP contribution >= 0.6 is 0 Å². The van der Waals surface area contributed by atoms with Gasteiger partial charge in [-0.2, -0.15) is 0 Å². The van der Waals surface area contributed by atoms with Crippen LogP contribution in [-0.4, -0.2) is 46.5 Å². The Morgan fingerprint density at radius 1 is 1.08 bits per heavy atom. The van der Waals surface area contributed by atoms with E-state index in [-0.39, 0.29) is 11.5 Å². The van der Waals surface area contributed by atoms with Gasteiger partial charge in [0.05, 0.1) is 11.7 Å². The van der Waals surface area contributed by atoms with Crippen molar-refractivity contribution < 1.29 is 10.2 Å². The van der Waals surface area contributed by atoms with Gasteiger partial charge in [-0.05, 0) is 74.5 Å². The van der Waals surface area contributed by atoms with E-state index in [2.05, 4.69) is 24.8 Å². The molecule has 0 aromatic heterocycles. The first-order chi connectivity index (χ1) is 11.9. The molecule has 4 aliphatic carbocycles. The van der Waals surface area contributed by atoms with Crippen LogP contribution < -0.4 is 0 Å². The summed E-state index contributed by atoms with van der Waals surface area (Å²) in [5, 5.41) is 21.7. The number of hydrogen-bond donors (Lipinski definition) is 2. The number of hydrogen-bond acceptors (Lipinski definition) is 3. The van der Waals surface area contributed by atoms with Crippen LogP contribution in [0.3, 0.4) is 0 Å². The maximum atomic E-state index is 11.6. The predicted octanol–water partition coefficient (Wildman–Crippen LogP) is 3.36. The van der Waals surface area contributed by atoms with Gasteiger partial charge >= 0.3 is 0 Å². The monoisotopic (exact) mass is 345 g/mol. The molecule has 1 heterocycles. The summed E-state index contributed by atoms with van der Waals surface area (Å²) < 4.78 is 0. The summed E-state index contributed by atoms with van der Waals surface area (Å²) >= 11 is 0. The number of nitrogens with zero attached hydrogens (tertiary/aromatic N) is 1. The molecule has 2 N–H and O–H groups in total. The molecule has 3 saturated carbocycles. The van der Waals surface area contributed by atoms with Gasteiger partial charge in [0.2, 0.25) is 0 Å². The first-order valence-corrected chi connectivity index (χ1v) is 10.7. The highest BCUT2D eigenvalue weighted by Gasteiger charge is 2.64. The lowest BCUT2D eigenvalue weighted by Crippen LogP contribution is -2.56. The molecule has 140 valence electrons. The third-order valence-electron chi connectivity index (χ3n) is 9.42. The molecule has 0 unspecified atom stereocenters. The first kappa shape index (κ1) is 16.8. The van der Waals surface area contributed by atoms with E-state index in [1.807, 2.05) is 0 Å². The van der Waals surface area contributed by atoms with Gasteiger partial charge in [0.15, 0.2) is 0 Å². The van der Waals surface area contributed by atoms with Crippen molar-refractivity contribution in [2.75, 3.05) is 19.6 Å². The molecule has 3 nitrogen and oxygen atoms in total. The van der Waals surface area contributed by atoms with Crippen LogP contribution in [-0.2, 0) is 0 Å². The number of fused-ring (bicyclic) bond motifs is 5. The standard InChI is InChI=1S/C22H35NO2/c1-20-8-5-16(24)13-15(20)3-4-17-18(20)6-9-21(2)19(17)7-10-22(21,25)14-23-11-12-23/h3,16-19,24-25H,4-14H2,1-2H3/t16-,17+,18-,19-,20+,21-,22-/m1/s1. The van der Waals surface area contributed by atoms with Crippen LogP contribution in [0.4, 0.5) is 0 Å². The summed E-state index contributed by atoms with van der Waals surface area (Å²) in [5.41, 5.74) is 1.50. The molecule has 0 aromatic rings. The lowest BCUT2D eigenvalue weighted by molar-refractivity contribution is -0.128. The molecule has 0 bridgehead atoms. The second-order valence-corrected chi connectivity index (χ2v) is 10.5. The number of aliphatic hydroxyl groups excluding tert-OH is 1. The number of aliphatic hydroxyl groups is 2. The zero-order valence-corrected chi connectivity index (χ0v) is 16.0. The Morgan fingerprint density at radius 3 is 2.60 bits per heavy atom. The highest BCUT2D eigenvalue weighted by atomic mass is 16.3. The Morgan fingerprint density at radius 2 is 1.84 bits per heavy atom. The summed E-state index contributed by atoms with van der Waals surface area (Å²) in [5.74, 6) is 2.19. The van der Waals surface area contributed by atoms with Crippen LogP contribution in [0.1, 0.15) is 65.2 Å². The summed E-state index contributed by atoms with van der Waals surface area (Å²) in [6.07, 6.45) is 11.3. The largest absolute Gasteiger partial charge is 0.393 e. The van der Waals surface area contributed by atoms with Gasteiger partial charge in [0.25, 0.3) is 0 Å². The molecule has 0 aromatic carbocycles. The first-order valence-electron chi connectivity index (χ1n) is 10.7. The molecule has 1 aliphatic heterocycles. The topological polar surface area (TPSA) is 43.5 Å². The maximum absolute atomic E-state index is 11.6. The predicted molar refractivity (Wildman–Crippen MR) is 99.1 cm³/mol. The molecule has 0 spiro atoms. The summed E-state index contributed by atoms with van der Waals surface area (Å²) in [4.78, 5) is 2.42. The SMILES string of the molecule is C[C@]12CC[C@@H](O)CC1=CC[C@H]1[C@H]2CC[C@]2(C)[C@@H]1CC[C@@]2(O)CN1CC1. The van der Waals surface area contributed by atoms with Gasteiger partial charge in [0, 0.05) is 25.0 Å². The molecular weight excluding hydrogens is 310 g/mol. The number of β-amino-alcohol motifs (C(OH)–C–C–N with tert-alkyl or cyclic N) is 1. The molecule has 7 atom stereocenters. The minimum absolute atomic E-state index is 0.104. The van der Waals surface area contributed by atoms with Crippen molar-refractivity contribution in [3.63, 3.8) is 0 Å². The van der Waals surface area contributed by atoms with E-state index in [1.54, 1.807) is 5.57 Å². The maximum Gasteiger partial charge on any atom is 0.0830 e. The van der Waals surface area contributed by atoms with E-state index in [0.29, 0.717) is 11.3 Å². The third-order valence-corrected chi connectivity index (χ3v) is 9.42. The van der Waals surface area contributed by atoms with Crippen molar-refractivity contribution in [3.05, 3.63) is 11.6 Å². The molecule has 25 heavy (non-hydrogen) atoms. The fourth-order valence-corrected chi connectivity index (χ4v) is 7.61. The molecule has 5 aliphatic rings. The Balaban J connectivity index is 1.45. The molecule has 1 saturated heterocycles. The van der Waals surface area contributed by atoms with Gasteiger partial charge in [-0.25, -0.2) is 0 Å². The van der Waals surface area contributed by atoms with E-state index in [0.717, 1.165) is 44.1 Å². The third kappa shape index (κ3) is 2.28. The Kier molecular flexibility index (Phi) is 3.57. The van der Waals surface area contributed by atoms with Crippen molar-refractivity contribution in [3.8, 4) is 0 Å². The summed E-state index contributed by atoms with van der Waals surface area (Å²) in [7, 11) is 0. The van der Waals surface area contributed by atoms with Crippen LogP contribution in [0.2, 0.25) is 0 Å². The second kappa shape index (κ2) is 5.33. The molecule has 0 amide bonds. The highest BCUT2D eigenvalue weighted by Crippen LogP contribution is 2.67. The Bertz CT molecular complexity index is 599. The van der Waals surface area contributed by atoms with Gasteiger partial charge in [-0.15, -0.1) is 0 Å². The van der Waals surface area contributed by atoms with Crippen molar-refractivity contribution in [1.82, 2.24) is 4.90 Å². The van der Waals surface area contributed by atoms with E-state index in [4.69, 9.17) is 0 Å². The van der Waals surface area contributed by atoms with Gasteiger partial charge < -0.3 is 10.2 Å². The van der Waals surface area contributed by atoms with E-state index >= 15 is 0 Å². The highest BCUT2D eigenvalue weighted by molar-refractivity contribution is 5.26. The van der Waals surface area contributed by atoms with Crippen molar-refractivity contribution in [2.45, 2.75) is 76.9 Å². The van der Waals surface area contributed by atoms with Crippen molar-refractivity contribution in [1.29, 1.82) is 0 Å². The van der Waals surface area contributed by atoms with Crippen molar-refractivity contribution >= 4 is 0 Å². The zero-order chi connectivity index (χ0) is 17.4. The average Bonchev–Trinajstić information content (AvgIpc) is 3.33. The fraction of sp³-hybridized carbons (Fsp3) is 0.909. The van der Waals surface area contributed by atoms with Gasteiger partial charge in [0.1, 0.15) is 0 Å². The van der Waals surface area contributed by atoms with Crippen LogP contribution in [0.5, 0.6) is 0 Å². The minimum atomic E-state index is -0.465. The normalized spacial score (nSPS) is 55.1. The molecule has 3 heteroatoms. The quantitative estimate of drug-likeness (QED) is 0.596. The van der Waals surface area contributed by atoms with Gasteiger partial charge in [-0.3, -0.25) is 4.90 Å². The number of rotatable bonds is 2. The molecule has 0 radical (unpaired) electrons. The second-order valence-electron chi connectivity index (χ2n) is 10.5. The van der Waals surface area contributed by atoms with E-state index < -0.39 is 5.60 Å². The summed E-state index contributed by atoms with van der Waals surface area (Å²) in [6, 6.07) is 0. The van der Waals surface area contributed by atoms with E-state index in [1.165, 1.54) is 38.8 Å². The fourth-order valence-electron chi connectivity index (χ4n) is 7.61. The molecule has 5 rings (SSSR count). The lowest BCUT2D eigenvalue weighted by Gasteiger charge is -2.59. The van der Waals surface area contributed by atoms with E-state index in [9.17, 15) is 10.2 Å². The molecular formula is C22H35NO2.